The van der Waals surface area contributed by atoms with Crippen LogP contribution in [0.3, 0.4) is 0 Å². The lowest BCUT2D eigenvalue weighted by atomic mass is 9.81. The number of benzene rings is 1. The molecule has 3 nitrogen and oxygen atoms in total. The number of ether oxygens (including phenoxy) is 1. The zero-order chi connectivity index (χ0) is 15.0. The lowest BCUT2D eigenvalue weighted by Crippen LogP contribution is -2.34. The summed E-state index contributed by atoms with van der Waals surface area (Å²) in [5.41, 5.74) is 3.15. The highest BCUT2D eigenvalue weighted by atomic mass is 16.5. The van der Waals surface area contributed by atoms with Crippen LogP contribution in [0, 0.1) is 5.92 Å². The van der Waals surface area contributed by atoms with Crippen molar-refractivity contribution >= 4 is 5.69 Å². The van der Waals surface area contributed by atoms with Crippen molar-refractivity contribution in [3.8, 4) is 5.75 Å². The lowest BCUT2D eigenvalue weighted by Gasteiger charge is -2.28. The Bertz CT molecular complexity index is 510. The lowest BCUT2D eigenvalue weighted by molar-refractivity contribution is 0.336. The van der Waals surface area contributed by atoms with E-state index in [-0.39, 0.29) is 5.41 Å². The number of rotatable bonds is 6. The van der Waals surface area contributed by atoms with Gasteiger partial charge in [0, 0.05) is 24.2 Å². The topological polar surface area (TPSA) is 15.7 Å². The van der Waals surface area contributed by atoms with Crippen LogP contribution < -0.4 is 9.64 Å². The van der Waals surface area contributed by atoms with Gasteiger partial charge in [-0.2, -0.15) is 0 Å². The second kappa shape index (κ2) is 5.53. The fourth-order valence-electron chi connectivity index (χ4n) is 3.45. The molecule has 2 aliphatic rings. The van der Waals surface area contributed by atoms with E-state index in [1.54, 1.807) is 7.11 Å². The van der Waals surface area contributed by atoms with Crippen molar-refractivity contribution < 1.29 is 4.74 Å². The Hall–Kier alpha value is -1.22. The normalized spacial score (nSPS) is 24.5. The number of methoxy groups -OCH3 is 1. The molecule has 3 rings (SSSR count). The van der Waals surface area contributed by atoms with Crippen molar-refractivity contribution in [1.82, 2.24) is 4.90 Å². The summed E-state index contributed by atoms with van der Waals surface area (Å²) < 4.78 is 5.46. The van der Waals surface area contributed by atoms with Gasteiger partial charge in [-0.15, -0.1) is 0 Å². The van der Waals surface area contributed by atoms with Gasteiger partial charge in [-0.25, -0.2) is 0 Å². The highest BCUT2D eigenvalue weighted by molar-refractivity contribution is 5.64. The Balaban J connectivity index is 1.88. The summed E-state index contributed by atoms with van der Waals surface area (Å²) in [5, 5.41) is 0. The SMILES string of the molecule is COc1ccc2c(c1)C(C)(CCN(C)C)CN2CC1CC1. The summed E-state index contributed by atoms with van der Waals surface area (Å²) in [6.07, 6.45) is 4.02. The maximum atomic E-state index is 5.46. The van der Waals surface area contributed by atoms with E-state index < -0.39 is 0 Å². The van der Waals surface area contributed by atoms with Crippen molar-refractivity contribution in [2.24, 2.45) is 5.92 Å². The van der Waals surface area contributed by atoms with Gasteiger partial charge in [0.25, 0.3) is 0 Å². The Kier molecular flexibility index (Phi) is 3.87. The first-order valence-corrected chi connectivity index (χ1v) is 8.10. The monoisotopic (exact) mass is 288 g/mol. The minimum Gasteiger partial charge on any atom is -0.497 e. The third-order valence-electron chi connectivity index (χ3n) is 5.02. The van der Waals surface area contributed by atoms with Crippen LogP contribution >= 0.6 is 0 Å². The quantitative estimate of drug-likeness (QED) is 0.800. The molecule has 0 amide bonds. The van der Waals surface area contributed by atoms with E-state index in [4.69, 9.17) is 4.74 Å². The average molecular weight is 288 g/mol. The van der Waals surface area contributed by atoms with Gasteiger partial charge in [-0.3, -0.25) is 0 Å². The first-order chi connectivity index (χ1) is 10.0. The highest BCUT2D eigenvalue weighted by Crippen LogP contribution is 2.46. The van der Waals surface area contributed by atoms with E-state index in [2.05, 4.69) is 49.0 Å². The molecule has 1 aromatic rings. The standard InChI is InChI=1S/C18H28N2O/c1-18(9-10-19(2)3)13-20(12-14-5-6-14)17-8-7-15(21-4)11-16(17)18/h7-8,11,14H,5-6,9-10,12-13H2,1-4H3. The largest absolute Gasteiger partial charge is 0.497 e. The van der Waals surface area contributed by atoms with Crippen LogP contribution in [0.25, 0.3) is 0 Å². The van der Waals surface area contributed by atoms with E-state index in [0.29, 0.717) is 0 Å². The predicted molar refractivity (Wildman–Crippen MR) is 88.5 cm³/mol. The maximum absolute atomic E-state index is 5.46. The van der Waals surface area contributed by atoms with Crippen LogP contribution in [0.2, 0.25) is 0 Å². The molecule has 116 valence electrons. The van der Waals surface area contributed by atoms with Crippen molar-refractivity contribution in [3.05, 3.63) is 23.8 Å². The molecule has 0 saturated heterocycles. The fraction of sp³-hybridized carbons (Fsp3) is 0.667. The van der Waals surface area contributed by atoms with Crippen LogP contribution in [0.5, 0.6) is 5.75 Å². The van der Waals surface area contributed by atoms with E-state index in [9.17, 15) is 0 Å². The molecule has 3 heteroatoms. The molecule has 1 atom stereocenters. The van der Waals surface area contributed by atoms with Gasteiger partial charge in [0.05, 0.1) is 7.11 Å². The summed E-state index contributed by atoms with van der Waals surface area (Å²) in [6.45, 7) is 5.93. The minimum absolute atomic E-state index is 0.239. The summed E-state index contributed by atoms with van der Waals surface area (Å²) in [7, 11) is 6.08. The molecule has 0 radical (unpaired) electrons. The second-order valence-corrected chi connectivity index (χ2v) is 7.32. The molecule has 1 aliphatic heterocycles. The number of hydrogen-bond donors (Lipinski definition) is 0. The van der Waals surface area contributed by atoms with Gasteiger partial charge in [-0.1, -0.05) is 6.92 Å². The van der Waals surface area contributed by atoms with Crippen LogP contribution in [0.4, 0.5) is 5.69 Å². The molecule has 0 aromatic heterocycles. The number of hydrogen-bond acceptors (Lipinski definition) is 3. The van der Waals surface area contributed by atoms with E-state index in [1.165, 1.54) is 37.1 Å². The van der Waals surface area contributed by atoms with Crippen molar-refractivity contribution in [3.63, 3.8) is 0 Å². The van der Waals surface area contributed by atoms with Crippen LogP contribution in [-0.2, 0) is 5.41 Å². The predicted octanol–water partition coefficient (Wildman–Crippen LogP) is 3.13. The molecule has 1 aliphatic carbocycles. The first-order valence-electron chi connectivity index (χ1n) is 8.10. The maximum Gasteiger partial charge on any atom is 0.119 e. The van der Waals surface area contributed by atoms with Gasteiger partial charge in [-0.05, 0) is 69.6 Å². The third kappa shape index (κ3) is 3.03. The molecule has 0 N–H and O–H groups in total. The zero-order valence-corrected chi connectivity index (χ0v) is 13.9. The molecule has 21 heavy (non-hydrogen) atoms. The number of nitrogens with zero attached hydrogens (tertiary/aromatic N) is 2. The number of anilines is 1. The fourth-order valence-corrected chi connectivity index (χ4v) is 3.45. The smallest absolute Gasteiger partial charge is 0.119 e. The molecule has 0 spiro atoms. The van der Waals surface area contributed by atoms with Gasteiger partial charge in [0.15, 0.2) is 0 Å². The Morgan fingerprint density at radius 3 is 2.71 bits per heavy atom. The van der Waals surface area contributed by atoms with Gasteiger partial charge in [0.2, 0.25) is 0 Å². The number of fused-ring (bicyclic) bond motifs is 1. The third-order valence-corrected chi connectivity index (χ3v) is 5.02. The second-order valence-electron chi connectivity index (χ2n) is 7.32. The van der Waals surface area contributed by atoms with Gasteiger partial charge >= 0.3 is 0 Å². The van der Waals surface area contributed by atoms with E-state index in [0.717, 1.165) is 24.8 Å². The first kappa shape index (κ1) is 14.7. The van der Waals surface area contributed by atoms with Crippen LogP contribution in [0.1, 0.15) is 31.7 Å². The van der Waals surface area contributed by atoms with Gasteiger partial charge in [0.1, 0.15) is 5.75 Å². The Labute approximate surface area is 128 Å². The molecule has 1 saturated carbocycles. The van der Waals surface area contributed by atoms with E-state index in [1.807, 2.05) is 0 Å². The molecule has 0 bridgehead atoms. The Morgan fingerprint density at radius 1 is 1.33 bits per heavy atom. The molecular weight excluding hydrogens is 260 g/mol. The van der Waals surface area contributed by atoms with Crippen LogP contribution in [-0.4, -0.2) is 45.7 Å². The summed E-state index contributed by atoms with van der Waals surface area (Å²) in [6, 6.07) is 6.63. The van der Waals surface area contributed by atoms with Crippen molar-refractivity contribution in [2.45, 2.75) is 31.6 Å². The van der Waals surface area contributed by atoms with Gasteiger partial charge < -0.3 is 14.5 Å². The van der Waals surface area contributed by atoms with E-state index >= 15 is 0 Å². The van der Waals surface area contributed by atoms with Crippen molar-refractivity contribution in [2.75, 3.05) is 45.7 Å². The molecule has 1 fully saturated rings. The average Bonchev–Trinajstić information content (AvgIpc) is 3.23. The van der Waals surface area contributed by atoms with Crippen LogP contribution in [0.15, 0.2) is 18.2 Å². The molecule has 1 heterocycles. The summed E-state index contributed by atoms with van der Waals surface area (Å²) in [5.74, 6) is 1.91. The molecular formula is C18H28N2O. The minimum atomic E-state index is 0.239. The van der Waals surface area contributed by atoms with Crippen molar-refractivity contribution in [1.29, 1.82) is 0 Å². The summed E-state index contributed by atoms with van der Waals surface area (Å²) >= 11 is 0. The molecule has 1 aromatic carbocycles. The molecule has 1 unspecified atom stereocenters. The summed E-state index contributed by atoms with van der Waals surface area (Å²) in [4.78, 5) is 4.90. The Morgan fingerprint density at radius 2 is 2.10 bits per heavy atom. The zero-order valence-electron chi connectivity index (χ0n) is 13.9. The highest BCUT2D eigenvalue weighted by Gasteiger charge is 2.40.